The topological polar surface area (TPSA) is 87.2 Å². The summed E-state index contributed by atoms with van der Waals surface area (Å²) in [6.07, 6.45) is 2.75. The lowest BCUT2D eigenvalue weighted by Gasteiger charge is -2.20. The second kappa shape index (κ2) is 9.17. The van der Waals surface area contributed by atoms with Crippen LogP contribution >= 0.6 is 0 Å². The molecule has 2 aliphatic rings. The summed E-state index contributed by atoms with van der Waals surface area (Å²) in [6, 6.07) is 25.7. The normalized spacial score (nSPS) is 17.3. The van der Waals surface area contributed by atoms with Gasteiger partial charge < -0.3 is 15.5 Å². The van der Waals surface area contributed by atoms with Crippen LogP contribution in [-0.2, 0) is 29.6 Å². The van der Waals surface area contributed by atoms with Crippen LogP contribution in [-0.4, -0.2) is 33.2 Å². The van der Waals surface area contributed by atoms with Gasteiger partial charge in [-0.25, -0.2) is 9.97 Å². The smallest absolute Gasteiger partial charge is 0.272 e. The largest absolute Gasteiger partial charge is 0.340 e. The number of carbonyl (C=O) groups is 2. The zero-order valence-corrected chi connectivity index (χ0v) is 20.6. The van der Waals surface area contributed by atoms with E-state index in [2.05, 4.69) is 38.8 Å². The third kappa shape index (κ3) is 4.12. The van der Waals surface area contributed by atoms with Crippen LogP contribution in [0.5, 0.6) is 0 Å². The van der Waals surface area contributed by atoms with Crippen molar-refractivity contribution >= 4 is 29.0 Å². The molecule has 2 amide bonds. The number of nitrogens with zero attached hydrogens (tertiary/aromatic N) is 3. The van der Waals surface area contributed by atoms with Crippen molar-refractivity contribution in [2.24, 2.45) is 0 Å². The highest BCUT2D eigenvalue weighted by molar-refractivity contribution is 6.07. The van der Waals surface area contributed by atoms with Crippen LogP contribution in [0.15, 0.2) is 85.2 Å². The zero-order chi connectivity index (χ0) is 25.4. The third-order valence-electron chi connectivity index (χ3n) is 7.36. The number of benzene rings is 3. The van der Waals surface area contributed by atoms with E-state index in [0.717, 1.165) is 28.1 Å². The number of anilines is 3. The molecule has 7 nitrogen and oxygen atoms in total. The van der Waals surface area contributed by atoms with Crippen LogP contribution in [0.2, 0.25) is 0 Å². The fourth-order valence-electron chi connectivity index (χ4n) is 5.46. The molecule has 1 atom stereocenters. The number of para-hydroxylation sites is 1. The Hall–Kier alpha value is -4.52. The molecule has 6 rings (SSSR count). The predicted octanol–water partition coefficient (Wildman–Crippen LogP) is 4.87. The van der Waals surface area contributed by atoms with E-state index >= 15 is 0 Å². The average Bonchev–Trinajstić information content (AvgIpc) is 3.44. The summed E-state index contributed by atoms with van der Waals surface area (Å²) in [6.45, 7) is 3.05. The van der Waals surface area contributed by atoms with Gasteiger partial charge in [-0.1, -0.05) is 54.6 Å². The molecule has 0 saturated carbocycles. The van der Waals surface area contributed by atoms with Crippen molar-refractivity contribution < 1.29 is 9.59 Å². The highest BCUT2D eigenvalue weighted by Crippen LogP contribution is 2.47. The number of fused-ring (bicyclic) bond motifs is 3. The summed E-state index contributed by atoms with van der Waals surface area (Å²) in [5, 5.41) is 6.38. The highest BCUT2D eigenvalue weighted by atomic mass is 16.2. The summed E-state index contributed by atoms with van der Waals surface area (Å²) in [4.78, 5) is 36.5. The first-order valence-electron chi connectivity index (χ1n) is 12.5. The van der Waals surface area contributed by atoms with Gasteiger partial charge in [0, 0.05) is 30.5 Å². The van der Waals surface area contributed by atoms with E-state index in [-0.39, 0.29) is 11.8 Å². The maximum Gasteiger partial charge on any atom is 0.272 e. The van der Waals surface area contributed by atoms with Gasteiger partial charge in [-0.2, -0.15) is 0 Å². The van der Waals surface area contributed by atoms with Crippen molar-refractivity contribution in [2.45, 2.75) is 31.7 Å². The number of hydrogen-bond acceptors (Lipinski definition) is 5. The first-order valence-corrected chi connectivity index (χ1v) is 12.5. The Morgan fingerprint density at radius 3 is 2.59 bits per heavy atom. The Morgan fingerprint density at radius 2 is 1.76 bits per heavy atom. The minimum atomic E-state index is -0.547. The number of aromatic nitrogens is 2. The van der Waals surface area contributed by atoms with Crippen LogP contribution < -0.4 is 10.6 Å². The lowest BCUT2D eigenvalue weighted by atomic mass is 9.79. The molecule has 184 valence electrons. The Balaban J connectivity index is 1.20. The molecule has 1 aromatic heterocycles. The molecule has 0 radical (unpaired) electrons. The van der Waals surface area contributed by atoms with Gasteiger partial charge in [0.1, 0.15) is 17.8 Å². The van der Waals surface area contributed by atoms with E-state index in [1.807, 2.05) is 61.5 Å². The van der Waals surface area contributed by atoms with Gasteiger partial charge in [0.25, 0.3) is 5.91 Å². The molecule has 1 aliphatic carbocycles. The summed E-state index contributed by atoms with van der Waals surface area (Å²) in [7, 11) is 0. The van der Waals surface area contributed by atoms with E-state index in [1.54, 1.807) is 11.0 Å². The van der Waals surface area contributed by atoms with E-state index < -0.39 is 5.41 Å². The van der Waals surface area contributed by atoms with E-state index in [1.165, 1.54) is 11.9 Å². The van der Waals surface area contributed by atoms with Crippen molar-refractivity contribution in [2.75, 3.05) is 17.2 Å². The zero-order valence-electron chi connectivity index (χ0n) is 20.6. The van der Waals surface area contributed by atoms with Gasteiger partial charge in [-0.3, -0.25) is 9.59 Å². The molecule has 7 heteroatoms. The Labute approximate surface area is 215 Å². The third-order valence-corrected chi connectivity index (χ3v) is 7.36. The molecule has 37 heavy (non-hydrogen) atoms. The van der Waals surface area contributed by atoms with Gasteiger partial charge in [0.2, 0.25) is 5.91 Å². The number of amides is 2. The second-order valence-electron chi connectivity index (χ2n) is 9.64. The van der Waals surface area contributed by atoms with E-state index in [0.29, 0.717) is 37.4 Å². The molecule has 0 saturated heterocycles. The molecule has 2 heterocycles. The Kier molecular flexibility index (Phi) is 5.68. The Morgan fingerprint density at radius 1 is 0.973 bits per heavy atom. The highest BCUT2D eigenvalue weighted by Gasteiger charge is 2.50. The number of nitrogens with one attached hydrogen (secondary N) is 2. The van der Waals surface area contributed by atoms with Crippen molar-refractivity contribution in [3.63, 3.8) is 0 Å². The minimum Gasteiger partial charge on any atom is -0.340 e. The number of carbonyl (C=O) groups excluding carboxylic acids is 2. The molecule has 0 bridgehead atoms. The summed E-state index contributed by atoms with van der Waals surface area (Å²) in [5.74, 6) is 0.471. The second-order valence-corrected chi connectivity index (χ2v) is 9.64. The lowest BCUT2D eigenvalue weighted by Crippen LogP contribution is -2.35. The van der Waals surface area contributed by atoms with Crippen molar-refractivity contribution in [1.29, 1.82) is 0 Å². The van der Waals surface area contributed by atoms with Crippen LogP contribution in [0.3, 0.4) is 0 Å². The fraction of sp³-hybridized carbons (Fsp3) is 0.200. The van der Waals surface area contributed by atoms with E-state index in [4.69, 9.17) is 0 Å². The van der Waals surface area contributed by atoms with Crippen molar-refractivity contribution in [3.05, 3.63) is 113 Å². The van der Waals surface area contributed by atoms with Crippen LogP contribution in [0.4, 0.5) is 17.2 Å². The maximum atomic E-state index is 13.2. The molecule has 4 aromatic rings. The SMILES string of the molecule is CCN(Cc1ccccc1)C(=O)c1cc(Nc2ccc3c(c2)CC2(C3)C(=O)Nc3ccccc32)ncn1. The quantitative estimate of drug-likeness (QED) is 0.404. The van der Waals surface area contributed by atoms with Gasteiger partial charge in [-0.05, 0) is 60.2 Å². The molecule has 1 spiro atoms. The molecule has 1 unspecified atom stereocenters. The van der Waals surface area contributed by atoms with Crippen LogP contribution in [0.1, 0.15) is 39.7 Å². The summed E-state index contributed by atoms with van der Waals surface area (Å²) in [5.41, 5.74) is 6.02. The lowest BCUT2D eigenvalue weighted by molar-refractivity contribution is -0.120. The van der Waals surface area contributed by atoms with Crippen LogP contribution in [0.25, 0.3) is 0 Å². The molecular weight excluding hydrogens is 462 g/mol. The first-order chi connectivity index (χ1) is 18.1. The number of rotatable bonds is 6. The van der Waals surface area contributed by atoms with Crippen LogP contribution in [0, 0.1) is 0 Å². The first kappa shape index (κ1) is 22.9. The summed E-state index contributed by atoms with van der Waals surface area (Å²) >= 11 is 0. The molecule has 1 aliphatic heterocycles. The maximum absolute atomic E-state index is 13.2. The minimum absolute atomic E-state index is 0.0642. The molecule has 0 fully saturated rings. The summed E-state index contributed by atoms with van der Waals surface area (Å²) < 4.78 is 0. The number of hydrogen-bond donors (Lipinski definition) is 2. The van der Waals surface area contributed by atoms with Gasteiger partial charge >= 0.3 is 0 Å². The molecular formula is C30H27N5O2. The van der Waals surface area contributed by atoms with E-state index in [9.17, 15) is 9.59 Å². The fourth-order valence-corrected chi connectivity index (χ4v) is 5.46. The molecule has 2 N–H and O–H groups in total. The monoisotopic (exact) mass is 489 g/mol. The Bertz CT molecular complexity index is 1500. The molecule has 3 aromatic carbocycles. The van der Waals surface area contributed by atoms with Crippen molar-refractivity contribution in [1.82, 2.24) is 14.9 Å². The average molecular weight is 490 g/mol. The van der Waals surface area contributed by atoms with Crippen molar-refractivity contribution in [3.8, 4) is 0 Å². The predicted molar refractivity (Wildman–Crippen MR) is 143 cm³/mol. The van der Waals surface area contributed by atoms with Gasteiger partial charge in [0.15, 0.2) is 0 Å². The standard InChI is InChI=1S/C30H27N5O2/c1-2-35(18-20-8-4-3-5-9-20)28(36)26-15-27(32-19-31-26)33-23-13-12-21-16-30(17-22(21)14-23)24-10-6-7-11-25(24)34-29(30)37/h3-15,19H,2,16-18H2,1H3,(H,34,37)(H,31,32,33). The van der Waals surface area contributed by atoms with Gasteiger partial charge in [0.05, 0.1) is 5.41 Å². The van der Waals surface area contributed by atoms with Gasteiger partial charge in [-0.15, -0.1) is 0 Å².